The van der Waals surface area contributed by atoms with Crippen LogP contribution in [-0.4, -0.2) is 73.4 Å². The Kier molecular flexibility index (Phi) is 6.90. The standard InChI is InChI=1S/C13H25N3O4/c1-13(2,10-17)15-12(19)11(18)14-4-3-5-16-6-8-20-9-7-16/h17H,3-10H2,1-2H3,(H,14,18)(H,15,19). The van der Waals surface area contributed by atoms with E-state index >= 15 is 0 Å². The Bertz CT molecular complexity index is 328. The number of ether oxygens (including phenoxy) is 1. The van der Waals surface area contributed by atoms with E-state index in [-0.39, 0.29) is 6.61 Å². The van der Waals surface area contributed by atoms with E-state index in [0.717, 1.165) is 39.3 Å². The van der Waals surface area contributed by atoms with Gasteiger partial charge in [-0.2, -0.15) is 0 Å². The fourth-order valence-electron chi connectivity index (χ4n) is 1.81. The van der Waals surface area contributed by atoms with Crippen molar-refractivity contribution in [1.82, 2.24) is 15.5 Å². The van der Waals surface area contributed by atoms with Crippen LogP contribution >= 0.6 is 0 Å². The Balaban J connectivity index is 2.14. The van der Waals surface area contributed by atoms with Crippen LogP contribution in [0.2, 0.25) is 0 Å². The number of carbonyl (C=O) groups is 2. The second-order valence-electron chi connectivity index (χ2n) is 5.56. The zero-order chi connectivity index (χ0) is 15.0. The topological polar surface area (TPSA) is 90.9 Å². The molecule has 7 nitrogen and oxygen atoms in total. The van der Waals surface area contributed by atoms with Crippen molar-refractivity contribution in [3.63, 3.8) is 0 Å². The molecule has 2 amide bonds. The number of carbonyl (C=O) groups excluding carboxylic acids is 2. The lowest BCUT2D eigenvalue weighted by Gasteiger charge is -2.26. The first-order valence-corrected chi connectivity index (χ1v) is 6.96. The molecule has 1 fully saturated rings. The van der Waals surface area contributed by atoms with Gasteiger partial charge in [-0.05, 0) is 26.8 Å². The van der Waals surface area contributed by atoms with E-state index < -0.39 is 17.4 Å². The Morgan fingerprint density at radius 2 is 1.90 bits per heavy atom. The molecule has 20 heavy (non-hydrogen) atoms. The van der Waals surface area contributed by atoms with Gasteiger partial charge >= 0.3 is 11.8 Å². The SMILES string of the molecule is CC(C)(CO)NC(=O)C(=O)NCCCN1CCOCC1. The molecule has 0 aromatic carbocycles. The van der Waals surface area contributed by atoms with Crippen LogP contribution in [0, 0.1) is 0 Å². The van der Waals surface area contributed by atoms with Gasteiger partial charge in [0.25, 0.3) is 0 Å². The lowest BCUT2D eigenvalue weighted by atomic mass is 10.1. The molecule has 0 spiro atoms. The van der Waals surface area contributed by atoms with Gasteiger partial charge in [0.05, 0.1) is 25.4 Å². The average molecular weight is 287 g/mol. The molecule has 3 N–H and O–H groups in total. The van der Waals surface area contributed by atoms with Gasteiger partial charge in [-0.15, -0.1) is 0 Å². The molecular weight excluding hydrogens is 262 g/mol. The summed E-state index contributed by atoms with van der Waals surface area (Å²) in [5.41, 5.74) is -0.789. The molecule has 0 unspecified atom stereocenters. The molecule has 0 aromatic heterocycles. The van der Waals surface area contributed by atoms with Gasteiger partial charge < -0.3 is 20.5 Å². The van der Waals surface area contributed by atoms with Crippen LogP contribution in [0.25, 0.3) is 0 Å². The van der Waals surface area contributed by atoms with E-state index in [1.54, 1.807) is 13.8 Å². The second-order valence-corrected chi connectivity index (χ2v) is 5.56. The third-order valence-corrected chi connectivity index (χ3v) is 3.09. The van der Waals surface area contributed by atoms with Gasteiger partial charge in [0, 0.05) is 19.6 Å². The molecule has 0 radical (unpaired) electrons. The molecule has 0 atom stereocenters. The van der Waals surface area contributed by atoms with Crippen LogP contribution in [0.1, 0.15) is 20.3 Å². The number of rotatable bonds is 6. The third kappa shape index (κ3) is 6.31. The van der Waals surface area contributed by atoms with Crippen LogP contribution in [0.5, 0.6) is 0 Å². The van der Waals surface area contributed by atoms with Crippen LogP contribution in [0.15, 0.2) is 0 Å². The number of aliphatic hydroxyl groups excluding tert-OH is 1. The lowest BCUT2D eigenvalue weighted by Crippen LogP contribution is -2.51. The minimum Gasteiger partial charge on any atom is -0.394 e. The van der Waals surface area contributed by atoms with Gasteiger partial charge in [0.15, 0.2) is 0 Å². The van der Waals surface area contributed by atoms with Crippen LogP contribution < -0.4 is 10.6 Å². The van der Waals surface area contributed by atoms with Gasteiger partial charge in [-0.3, -0.25) is 14.5 Å². The van der Waals surface area contributed by atoms with E-state index in [0.29, 0.717) is 6.54 Å². The molecular formula is C13H25N3O4. The first-order chi connectivity index (χ1) is 9.44. The minimum absolute atomic E-state index is 0.219. The van der Waals surface area contributed by atoms with Gasteiger partial charge in [0.2, 0.25) is 0 Å². The highest BCUT2D eigenvalue weighted by molar-refractivity contribution is 6.35. The lowest BCUT2D eigenvalue weighted by molar-refractivity contribution is -0.140. The number of hydrogen-bond acceptors (Lipinski definition) is 5. The van der Waals surface area contributed by atoms with E-state index in [9.17, 15) is 9.59 Å². The zero-order valence-corrected chi connectivity index (χ0v) is 12.3. The molecule has 0 aliphatic carbocycles. The van der Waals surface area contributed by atoms with Crippen molar-refractivity contribution >= 4 is 11.8 Å². The Morgan fingerprint density at radius 3 is 2.50 bits per heavy atom. The number of nitrogens with zero attached hydrogens (tertiary/aromatic N) is 1. The summed E-state index contributed by atoms with van der Waals surface area (Å²) in [5.74, 6) is -1.37. The van der Waals surface area contributed by atoms with Crippen molar-refractivity contribution in [1.29, 1.82) is 0 Å². The molecule has 116 valence electrons. The molecule has 0 bridgehead atoms. The first-order valence-electron chi connectivity index (χ1n) is 6.96. The first kappa shape index (κ1) is 16.9. The normalized spacial score (nSPS) is 16.8. The fraction of sp³-hybridized carbons (Fsp3) is 0.846. The Morgan fingerprint density at radius 1 is 1.25 bits per heavy atom. The summed E-state index contributed by atoms with van der Waals surface area (Å²) in [4.78, 5) is 25.4. The highest BCUT2D eigenvalue weighted by Crippen LogP contribution is 1.99. The number of hydrogen-bond donors (Lipinski definition) is 3. The van der Waals surface area contributed by atoms with E-state index in [2.05, 4.69) is 15.5 Å². The van der Waals surface area contributed by atoms with E-state index in [1.165, 1.54) is 0 Å². The molecule has 1 aliphatic rings. The summed E-state index contributed by atoms with van der Waals surface area (Å²) in [6, 6.07) is 0. The monoisotopic (exact) mass is 287 g/mol. The highest BCUT2D eigenvalue weighted by Gasteiger charge is 2.23. The molecule has 0 saturated carbocycles. The fourth-order valence-corrected chi connectivity index (χ4v) is 1.81. The third-order valence-electron chi connectivity index (χ3n) is 3.09. The van der Waals surface area contributed by atoms with E-state index in [1.807, 2.05) is 0 Å². The number of amides is 2. The van der Waals surface area contributed by atoms with Crippen LogP contribution in [0.4, 0.5) is 0 Å². The molecule has 7 heteroatoms. The summed E-state index contributed by atoms with van der Waals surface area (Å²) >= 11 is 0. The predicted octanol–water partition coefficient (Wildman–Crippen LogP) is -1.29. The summed E-state index contributed by atoms with van der Waals surface area (Å²) < 4.78 is 5.25. The quantitative estimate of drug-likeness (QED) is 0.418. The maximum Gasteiger partial charge on any atom is 0.309 e. The maximum atomic E-state index is 11.6. The van der Waals surface area contributed by atoms with Crippen molar-refractivity contribution < 1.29 is 19.4 Å². The van der Waals surface area contributed by atoms with Crippen molar-refractivity contribution in [2.45, 2.75) is 25.8 Å². The summed E-state index contributed by atoms with van der Waals surface area (Å²) in [5, 5.41) is 14.1. The van der Waals surface area contributed by atoms with Crippen LogP contribution in [0.3, 0.4) is 0 Å². The smallest absolute Gasteiger partial charge is 0.309 e. The largest absolute Gasteiger partial charge is 0.394 e. The minimum atomic E-state index is -0.789. The second kappa shape index (κ2) is 8.18. The molecule has 1 rings (SSSR count). The summed E-state index contributed by atoms with van der Waals surface area (Å²) in [7, 11) is 0. The van der Waals surface area contributed by atoms with Gasteiger partial charge in [-0.1, -0.05) is 0 Å². The molecule has 1 aliphatic heterocycles. The Hall–Kier alpha value is -1.18. The Labute approximate surface area is 119 Å². The van der Waals surface area contributed by atoms with Crippen molar-refractivity contribution in [3.8, 4) is 0 Å². The molecule has 1 heterocycles. The predicted molar refractivity (Wildman–Crippen MR) is 74.2 cm³/mol. The van der Waals surface area contributed by atoms with Crippen molar-refractivity contribution in [2.24, 2.45) is 0 Å². The molecule has 0 aromatic rings. The molecule has 1 saturated heterocycles. The maximum absolute atomic E-state index is 11.6. The number of morpholine rings is 1. The van der Waals surface area contributed by atoms with Crippen LogP contribution in [-0.2, 0) is 14.3 Å². The average Bonchev–Trinajstić information content (AvgIpc) is 2.44. The highest BCUT2D eigenvalue weighted by atomic mass is 16.5. The van der Waals surface area contributed by atoms with Gasteiger partial charge in [0.1, 0.15) is 0 Å². The van der Waals surface area contributed by atoms with E-state index in [4.69, 9.17) is 9.84 Å². The zero-order valence-electron chi connectivity index (χ0n) is 12.3. The summed E-state index contributed by atoms with van der Waals surface area (Å²) in [6.45, 7) is 7.76. The number of nitrogens with one attached hydrogen (secondary N) is 2. The van der Waals surface area contributed by atoms with Crippen molar-refractivity contribution in [3.05, 3.63) is 0 Å². The number of aliphatic hydroxyl groups is 1. The van der Waals surface area contributed by atoms with Gasteiger partial charge in [-0.25, -0.2) is 0 Å². The summed E-state index contributed by atoms with van der Waals surface area (Å²) in [6.07, 6.45) is 0.794. The van der Waals surface area contributed by atoms with Crippen molar-refractivity contribution in [2.75, 3.05) is 46.0 Å².